The lowest BCUT2D eigenvalue weighted by atomic mass is 9.90. The van der Waals surface area contributed by atoms with Gasteiger partial charge < -0.3 is 14.5 Å². The molecule has 3 aliphatic heterocycles. The van der Waals surface area contributed by atoms with Crippen LogP contribution in [0.25, 0.3) is 11.3 Å². The molecule has 0 bridgehead atoms. The molecule has 1 amide bonds. The Kier molecular flexibility index (Phi) is 5.84. The largest absolute Gasteiger partial charge is 0.381 e. The molecule has 0 aliphatic carbocycles. The number of hydrogen-bond donors (Lipinski definition) is 0. The maximum absolute atomic E-state index is 12.6. The summed E-state index contributed by atoms with van der Waals surface area (Å²) < 4.78 is 9.80. The van der Waals surface area contributed by atoms with Crippen molar-refractivity contribution >= 4 is 11.6 Å². The predicted molar refractivity (Wildman–Crippen MR) is 134 cm³/mol. The molecule has 0 N–H and O–H groups in total. The first-order chi connectivity index (χ1) is 17.1. The van der Waals surface area contributed by atoms with Crippen molar-refractivity contribution in [2.45, 2.75) is 58.2 Å². The maximum Gasteiger partial charge on any atom is 0.222 e. The Balaban J connectivity index is 1.40. The van der Waals surface area contributed by atoms with E-state index in [-0.39, 0.29) is 5.91 Å². The highest BCUT2D eigenvalue weighted by Gasteiger charge is 2.32. The van der Waals surface area contributed by atoms with Crippen molar-refractivity contribution in [1.29, 1.82) is 0 Å². The Labute approximate surface area is 206 Å². The molecule has 0 saturated carbocycles. The van der Waals surface area contributed by atoms with Crippen LogP contribution in [-0.4, -0.2) is 56.7 Å². The van der Waals surface area contributed by atoms with Gasteiger partial charge in [0.25, 0.3) is 0 Å². The molecule has 35 heavy (non-hydrogen) atoms. The van der Waals surface area contributed by atoms with Crippen LogP contribution >= 0.6 is 0 Å². The molecular formula is C27H34N6O2. The molecule has 8 heteroatoms. The van der Waals surface area contributed by atoms with E-state index in [1.807, 2.05) is 29.7 Å². The zero-order chi connectivity index (χ0) is 23.9. The third kappa shape index (κ3) is 4.03. The van der Waals surface area contributed by atoms with Crippen molar-refractivity contribution in [3.63, 3.8) is 0 Å². The molecule has 1 saturated heterocycles. The summed E-state index contributed by atoms with van der Waals surface area (Å²) in [4.78, 5) is 17.0. The lowest BCUT2D eigenvalue weighted by Gasteiger charge is -2.31. The van der Waals surface area contributed by atoms with Gasteiger partial charge in [0.2, 0.25) is 5.91 Å². The van der Waals surface area contributed by atoms with E-state index >= 15 is 0 Å². The number of ether oxygens (including phenoxy) is 1. The molecule has 1 fully saturated rings. The summed E-state index contributed by atoms with van der Waals surface area (Å²) in [5.74, 6) is 0.225. The summed E-state index contributed by atoms with van der Waals surface area (Å²) in [6.07, 6.45) is 8.41. The van der Waals surface area contributed by atoms with Crippen LogP contribution in [-0.2, 0) is 42.5 Å². The second-order valence-corrected chi connectivity index (χ2v) is 9.97. The van der Waals surface area contributed by atoms with Gasteiger partial charge in [-0.25, -0.2) is 0 Å². The third-order valence-electron chi connectivity index (χ3n) is 7.86. The van der Waals surface area contributed by atoms with Crippen LogP contribution in [0.5, 0.6) is 0 Å². The summed E-state index contributed by atoms with van der Waals surface area (Å²) in [6.45, 7) is 6.80. The van der Waals surface area contributed by atoms with Crippen molar-refractivity contribution in [3.8, 4) is 11.3 Å². The van der Waals surface area contributed by atoms with Crippen molar-refractivity contribution in [1.82, 2.24) is 24.5 Å². The van der Waals surface area contributed by atoms with Gasteiger partial charge in [-0.05, 0) is 30.4 Å². The Morgan fingerprint density at radius 2 is 1.97 bits per heavy atom. The second kappa shape index (κ2) is 9.15. The highest BCUT2D eigenvalue weighted by molar-refractivity contribution is 5.77. The first-order valence-corrected chi connectivity index (χ1v) is 12.9. The topological polar surface area (TPSA) is 68.4 Å². The molecule has 184 valence electrons. The van der Waals surface area contributed by atoms with Crippen LogP contribution in [0.4, 0.5) is 5.69 Å². The van der Waals surface area contributed by atoms with Crippen molar-refractivity contribution in [2.24, 2.45) is 7.05 Å². The summed E-state index contributed by atoms with van der Waals surface area (Å²) >= 11 is 0. The number of hydrogen-bond acceptors (Lipinski definition) is 5. The van der Waals surface area contributed by atoms with Crippen molar-refractivity contribution in [2.75, 3.05) is 31.2 Å². The zero-order valence-electron chi connectivity index (χ0n) is 20.7. The first kappa shape index (κ1) is 22.3. The van der Waals surface area contributed by atoms with Crippen LogP contribution < -0.4 is 4.90 Å². The monoisotopic (exact) mass is 474 g/mol. The fourth-order valence-electron chi connectivity index (χ4n) is 5.95. The number of carbonyl (C=O) groups is 1. The summed E-state index contributed by atoms with van der Waals surface area (Å²) in [5, 5.41) is 9.65. The van der Waals surface area contributed by atoms with Crippen molar-refractivity contribution in [3.05, 3.63) is 53.0 Å². The number of aromatic nitrogens is 4. The number of nitrogens with zero attached hydrogens (tertiary/aromatic N) is 6. The van der Waals surface area contributed by atoms with Gasteiger partial charge in [-0.1, -0.05) is 25.1 Å². The molecular weight excluding hydrogens is 440 g/mol. The van der Waals surface area contributed by atoms with Crippen molar-refractivity contribution < 1.29 is 9.53 Å². The minimum atomic E-state index is 0.225. The van der Waals surface area contributed by atoms with Crippen LogP contribution in [0.15, 0.2) is 30.6 Å². The lowest BCUT2D eigenvalue weighted by molar-refractivity contribution is -0.131. The highest BCUT2D eigenvalue weighted by Crippen LogP contribution is 2.38. The van der Waals surface area contributed by atoms with Gasteiger partial charge in [-0.3, -0.25) is 14.2 Å². The van der Waals surface area contributed by atoms with Gasteiger partial charge in [0.05, 0.1) is 23.6 Å². The molecule has 2 aromatic heterocycles. The number of carbonyl (C=O) groups excluding carboxylic acids is 1. The van der Waals surface area contributed by atoms with E-state index < -0.39 is 0 Å². The summed E-state index contributed by atoms with van der Waals surface area (Å²) in [5.41, 5.74) is 8.78. The van der Waals surface area contributed by atoms with Gasteiger partial charge in [-0.2, -0.15) is 10.2 Å². The number of amides is 1. The third-order valence-corrected chi connectivity index (χ3v) is 7.86. The van der Waals surface area contributed by atoms with E-state index in [0.29, 0.717) is 19.0 Å². The van der Waals surface area contributed by atoms with Gasteiger partial charge in [0, 0.05) is 82.3 Å². The molecule has 0 atom stereocenters. The number of benzene rings is 1. The van der Waals surface area contributed by atoms with E-state index in [2.05, 4.69) is 39.1 Å². The Bertz CT molecular complexity index is 1240. The predicted octanol–water partition coefficient (Wildman–Crippen LogP) is 3.49. The molecule has 5 heterocycles. The van der Waals surface area contributed by atoms with E-state index in [0.717, 1.165) is 64.2 Å². The molecule has 3 aromatic rings. The fourth-order valence-corrected chi connectivity index (χ4v) is 5.95. The maximum atomic E-state index is 12.6. The van der Waals surface area contributed by atoms with Gasteiger partial charge in [-0.15, -0.1) is 0 Å². The molecule has 0 spiro atoms. The highest BCUT2D eigenvalue weighted by atomic mass is 16.5. The number of rotatable bonds is 4. The quantitative estimate of drug-likeness (QED) is 0.579. The number of aryl methyl sites for hydroxylation is 1. The van der Waals surface area contributed by atoms with E-state index in [1.54, 1.807) is 0 Å². The minimum absolute atomic E-state index is 0.225. The number of anilines is 1. The normalized spacial score (nSPS) is 18.5. The second-order valence-electron chi connectivity index (χ2n) is 9.97. The van der Waals surface area contributed by atoms with E-state index in [9.17, 15) is 4.79 Å². The molecule has 6 rings (SSSR count). The smallest absolute Gasteiger partial charge is 0.222 e. The molecule has 3 aliphatic rings. The number of fused-ring (bicyclic) bond motifs is 2. The van der Waals surface area contributed by atoms with Gasteiger partial charge in [0.1, 0.15) is 0 Å². The SMILES string of the molecule is CCC(=O)N1CCc2c(c(-c3cccc4c3CCN(c3cnn(C)c3)C4)nn2C2CCOCC2)C1. The average molecular weight is 475 g/mol. The molecule has 0 radical (unpaired) electrons. The van der Waals surface area contributed by atoms with Gasteiger partial charge in [0.15, 0.2) is 0 Å². The lowest BCUT2D eigenvalue weighted by Crippen LogP contribution is -2.36. The summed E-state index contributed by atoms with van der Waals surface area (Å²) in [7, 11) is 1.96. The summed E-state index contributed by atoms with van der Waals surface area (Å²) in [6, 6.07) is 7.02. The Hall–Kier alpha value is -3.13. The van der Waals surface area contributed by atoms with Crippen LogP contribution in [0.2, 0.25) is 0 Å². The minimum Gasteiger partial charge on any atom is -0.381 e. The Morgan fingerprint density at radius 1 is 1.11 bits per heavy atom. The van der Waals surface area contributed by atoms with Gasteiger partial charge >= 0.3 is 0 Å². The average Bonchev–Trinajstić information content (AvgIpc) is 3.51. The molecule has 8 nitrogen and oxygen atoms in total. The molecule has 1 aromatic carbocycles. The molecule has 0 unspecified atom stereocenters. The van der Waals surface area contributed by atoms with Crippen LogP contribution in [0.1, 0.15) is 54.6 Å². The Morgan fingerprint density at radius 3 is 2.74 bits per heavy atom. The zero-order valence-corrected chi connectivity index (χ0v) is 20.7. The van der Waals surface area contributed by atoms with E-state index in [4.69, 9.17) is 9.84 Å². The van der Waals surface area contributed by atoms with Crippen LogP contribution in [0.3, 0.4) is 0 Å². The van der Waals surface area contributed by atoms with E-state index in [1.165, 1.54) is 33.6 Å². The van der Waals surface area contributed by atoms with Crippen LogP contribution in [0, 0.1) is 0 Å². The standard InChI is InChI=1S/C27H34N6O2/c1-3-26(34)32-12-8-25-24(18-32)27(29-33(25)20-9-13-35-14-10-20)23-6-4-5-19-16-31(11-7-22(19)23)21-15-28-30(2)17-21/h4-6,15,17,20H,3,7-14,16,18H2,1-2H3. The fraction of sp³-hybridized carbons (Fsp3) is 0.519. The first-order valence-electron chi connectivity index (χ1n) is 12.9.